The van der Waals surface area contributed by atoms with Gasteiger partial charge in [-0.05, 0) is 33.2 Å². The third-order valence-corrected chi connectivity index (χ3v) is 3.88. The molecular formula is C19H19NO2. The predicted octanol–water partition coefficient (Wildman–Crippen LogP) is 3.65. The van der Waals surface area contributed by atoms with Gasteiger partial charge in [-0.15, -0.1) is 0 Å². The van der Waals surface area contributed by atoms with Gasteiger partial charge >= 0.3 is 0 Å². The summed E-state index contributed by atoms with van der Waals surface area (Å²) in [6, 6.07) is 18.8. The van der Waals surface area contributed by atoms with E-state index in [1.54, 1.807) is 7.11 Å². The summed E-state index contributed by atoms with van der Waals surface area (Å²) in [7, 11) is 1.60. The number of hydrogen-bond acceptors (Lipinski definition) is 2. The minimum atomic E-state index is 0.0128. The van der Waals surface area contributed by atoms with E-state index in [0.717, 1.165) is 0 Å². The number of rotatable bonds is 5. The molecule has 0 aliphatic rings. The van der Waals surface area contributed by atoms with E-state index in [-0.39, 0.29) is 5.91 Å². The summed E-state index contributed by atoms with van der Waals surface area (Å²) in [4.78, 5) is 11.9. The van der Waals surface area contributed by atoms with Gasteiger partial charge in [0.15, 0.2) is 0 Å². The predicted molar refractivity (Wildman–Crippen MR) is 89.8 cm³/mol. The van der Waals surface area contributed by atoms with Gasteiger partial charge in [-0.2, -0.15) is 0 Å². The number of ether oxygens (including phenoxy) is 1. The van der Waals surface area contributed by atoms with Gasteiger partial charge in [-0.3, -0.25) is 4.79 Å². The Labute approximate surface area is 129 Å². The number of carbonyl (C=O) groups is 1. The zero-order chi connectivity index (χ0) is 15.4. The van der Waals surface area contributed by atoms with E-state index in [0.29, 0.717) is 19.6 Å². The summed E-state index contributed by atoms with van der Waals surface area (Å²) in [5.74, 6) is 0.0128. The van der Waals surface area contributed by atoms with E-state index < -0.39 is 0 Å². The van der Waals surface area contributed by atoms with Crippen LogP contribution in [0.2, 0.25) is 0 Å². The van der Waals surface area contributed by atoms with Crippen molar-refractivity contribution in [1.29, 1.82) is 0 Å². The van der Waals surface area contributed by atoms with Crippen molar-refractivity contribution in [2.24, 2.45) is 0 Å². The lowest BCUT2D eigenvalue weighted by atomic mass is 9.97. The molecular weight excluding hydrogens is 274 g/mol. The van der Waals surface area contributed by atoms with Crippen molar-refractivity contribution >= 4 is 27.5 Å². The normalized spacial score (nSPS) is 11.0. The van der Waals surface area contributed by atoms with E-state index in [9.17, 15) is 4.79 Å². The second kappa shape index (κ2) is 6.58. The molecule has 22 heavy (non-hydrogen) atoms. The Balaban J connectivity index is 1.99. The summed E-state index contributed by atoms with van der Waals surface area (Å²) in [6.45, 7) is 0.979. The molecule has 0 aliphatic carbocycles. The standard InChI is InChI=1S/C19H19NO2/c1-22-11-10-19(21)20-13-18-16-8-4-2-6-14(16)12-15-7-3-5-9-17(15)18/h2-9,12H,10-11,13H2,1H3,(H,20,21). The van der Waals surface area contributed by atoms with Crippen LogP contribution in [0.25, 0.3) is 21.5 Å². The number of benzene rings is 3. The third kappa shape index (κ3) is 2.95. The molecule has 3 nitrogen and oxygen atoms in total. The molecule has 0 spiro atoms. The second-order valence-electron chi connectivity index (χ2n) is 5.32. The Morgan fingerprint density at radius 1 is 1.00 bits per heavy atom. The minimum absolute atomic E-state index is 0.0128. The zero-order valence-corrected chi connectivity index (χ0v) is 12.6. The molecule has 112 valence electrons. The monoisotopic (exact) mass is 293 g/mol. The van der Waals surface area contributed by atoms with E-state index in [1.165, 1.54) is 27.1 Å². The van der Waals surface area contributed by atoms with Crippen LogP contribution >= 0.6 is 0 Å². The van der Waals surface area contributed by atoms with E-state index in [2.05, 4.69) is 35.6 Å². The van der Waals surface area contributed by atoms with Gasteiger partial charge in [0.25, 0.3) is 0 Å². The number of nitrogens with one attached hydrogen (secondary N) is 1. The first-order chi connectivity index (χ1) is 10.8. The lowest BCUT2D eigenvalue weighted by Crippen LogP contribution is -2.24. The van der Waals surface area contributed by atoms with Crippen LogP contribution in [-0.4, -0.2) is 19.6 Å². The quantitative estimate of drug-likeness (QED) is 0.729. The summed E-state index contributed by atoms with van der Waals surface area (Å²) < 4.78 is 4.94. The minimum Gasteiger partial charge on any atom is -0.384 e. The molecule has 1 N–H and O–H groups in total. The fourth-order valence-electron chi connectivity index (χ4n) is 2.77. The molecule has 3 aromatic rings. The third-order valence-electron chi connectivity index (χ3n) is 3.88. The fraction of sp³-hybridized carbons (Fsp3) is 0.211. The Morgan fingerprint density at radius 3 is 2.18 bits per heavy atom. The Kier molecular flexibility index (Phi) is 4.35. The van der Waals surface area contributed by atoms with Crippen molar-refractivity contribution in [3.05, 3.63) is 60.2 Å². The van der Waals surface area contributed by atoms with Crippen LogP contribution in [0.5, 0.6) is 0 Å². The highest BCUT2D eigenvalue weighted by Crippen LogP contribution is 2.28. The van der Waals surface area contributed by atoms with Crippen LogP contribution in [0.15, 0.2) is 54.6 Å². The molecule has 0 saturated heterocycles. The van der Waals surface area contributed by atoms with Gasteiger partial charge in [-0.1, -0.05) is 48.5 Å². The largest absolute Gasteiger partial charge is 0.384 e. The van der Waals surface area contributed by atoms with Crippen LogP contribution in [0.4, 0.5) is 0 Å². The first kappa shape index (κ1) is 14.5. The maximum absolute atomic E-state index is 11.9. The molecule has 3 aromatic carbocycles. The van der Waals surface area contributed by atoms with Crippen molar-refractivity contribution in [1.82, 2.24) is 5.32 Å². The van der Waals surface area contributed by atoms with Crippen LogP contribution in [0.1, 0.15) is 12.0 Å². The average Bonchev–Trinajstić information content (AvgIpc) is 2.56. The van der Waals surface area contributed by atoms with Gasteiger partial charge in [0.1, 0.15) is 0 Å². The van der Waals surface area contributed by atoms with Crippen molar-refractivity contribution in [2.75, 3.05) is 13.7 Å². The highest BCUT2D eigenvalue weighted by Gasteiger charge is 2.08. The van der Waals surface area contributed by atoms with E-state index in [1.807, 2.05) is 24.3 Å². The van der Waals surface area contributed by atoms with Crippen molar-refractivity contribution in [3.63, 3.8) is 0 Å². The van der Waals surface area contributed by atoms with Gasteiger partial charge in [0.05, 0.1) is 6.61 Å². The van der Waals surface area contributed by atoms with E-state index in [4.69, 9.17) is 4.74 Å². The van der Waals surface area contributed by atoms with Gasteiger partial charge < -0.3 is 10.1 Å². The van der Waals surface area contributed by atoms with Crippen LogP contribution < -0.4 is 5.32 Å². The van der Waals surface area contributed by atoms with E-state index >= 15 is 0 Å². The highest BCUT2D eigenvalue weighted by atomic mass is 16.5. The summed E-state index contributed by atoms with van der Waals surface area (Å²) in [5, 5.41) is 7.77. The number of methoxy groups -OCH3 is 1. The summed E-state index contributed by atoms with van der Waals surface area (Å²) >= 11 is 0. The van der Waals surface area contributed by atoms with Crippen molar-refractivity contribution in [3.8, 4) is 0 Å². The average molecular weight is 293 g/mol. The van der Waals surface area contributed by atoms with Crippen molar-refractivity contribution < 1.29 is 9.53 Å². The molecule has 0 aromatic heterocycles. The fourth-order valence-corrected chi connectivity index (χ4v) is 2.77. The maximum Gasteiger partial charge on any atom is 0.222 e. The molecule has 0 aliphatic heterocycles. The second-order valence-corrected chi connectivity index (χ2v) is 5.32. The Hall–Kier alpha value is -2.39. The molecule has 3 heteroatoms. The lowest BCUT2D eigenvalue weighted by Gasteiger charge is -2.12. The molecule has 0 fully saturated rings. The van der Waals surface area contributed by atoms with Crippen molar-refractivity contribution in [2.45, 2.75) is 13.0 Å². The van der Waals surface area contributed by atoms with Crippen LogP contribution in [0.3, 0.4) is 0 Å². The SMILES string of the molecule is COCCC(=O)NCc1c2ccccc2cc2ccccc12. The molecule has 3 rings (SSSR count). The molecule has 0 unspecified atom stereocenters. The van der Waals surface area contributed by atoms with Crippen LogP contribution in [0, 0.1) is 0 Å². The summed E-state index contributed by atoms with van der Waals surface area (Å²) in [5.41, 5.74) is 1.17. The molecule has 0 heterocycles. The maximum atomic E-state index is 11.9. The lowest BCUT2D eigenvalue weighted by molar-refractivity contribution is -0.122. The van der Waals surface area contributed by atoms with Crippen LogP contribution in [-0.2, 0) is 16.1 Å². The Bertz CT molecular complexity index is 757. The number of amides is 1. The Morgan fingerprint density at radius 2 is 1.59 bits per heavy atom. The molecule has 0 radical (unpaired) electrons. The smallest absolute Gasteiger partial charge is 0.222 e. The molecule has 0 bridgehead atoms. The first-order valence-corrected chi connectivity index (χ1v) is 7.44. The highest BCUT2D eigenvalue weighted by molar-refractivity contribution is 6.02. The topological polar surface area (TPSA) is 38.3 Å². The summed E-state index contributed by atoms with van der Waals surface area (Å²) in [6.07, 6.45) is 0.388. The zero-order valence-electron chi connectivity index (χ0n) is 12.6. The molecule has 1 amide bonds. The van der Waals surface area contributed by atoms with Gasteiger partial charge in [0.2, 0.25) is 5.91 Å². The number of carbonyl (C=O) groups excluding carboxylic acids is 1. The molecule has 0 atom stereocenters. The molecule has 0 saturated carbocycles. The van der Waals surface area contributed by atoms with Gasteiger partial charge in [0, 0.05) is 20.1 Å². The van der Waals surface area contributed by atoms with Gasteiger partial charge in [-0.25, -0.2) is 0 Å². The first-order valence-electron chi connectivity index (χ1n) is 7.44. The number of fused-ring (bicyclic) bond motifs is 2. The number of hydrogen-bond donors (Lipinski definition) is 1.